The Balaban J connectivity index is 1.66. The maximum atomic E-state index is 5.67. The first kappa shape index (κ1) is 15.1. The Labute approximate surface area is 129 Å². The van der Waals surface area contributed by atoms with Gasteiger partial charge in [0.2, 0.25) is 0 Å². The van der Waals surface area contributed by atoms with E-state index in [0.29, 0.717) is 6.04 Å². The summed E-state index contributed by atoms with van der Waals surface area (Å²) in [6, 6.07) is 18.7. The topological polar surface area (TPSA) is 21.3 Å². The minimum absolute atomic E-state index is 0.351. The minimum Gasteiger partial charge on any atom is -0.494 e. The van der Waals surface area contributed by atoms with E-state index in [0.717, 1.165) is 29.8 Å². The second kappa shape index (κ2) is 8.08. The number of ether oxygens (including phenoxy) is 1. The average Bonchev–Trinajstić information content (AvgIpc) is 2.48. The maximum Gasteiger partial charge on any atom is 0.119 e. The van der Waals surface area contributed by atoms with E-state index >= 15 is 0 Å². The van der Waals surface area contributed by atoms with Gasteiger partial charge in [-0.1, -0.05) is 46.3 Å². The molecule has 1 N–H and O–H groups in total. The van der Waals surface area contributed by atoms with Crippen LogP contribution in [0.15, 0.2) is 59.1 Å². The second-order valence-corrected chi connectivity index (χ2v) is 5.66. The summed E-state index contributed by atoms with van der Waals surface area (Å²) in [7, 11) is 0. The normalized spacial score (nSPS) is 12.1. The van der Waals surface area contributed by atoms with Gasteiger partial charge in [0.15, 0.2) is 0 Å². The lowest BCUT2D eigenvalue weighted by molar-refractivity contribution is 0.305. The molecule has 2 rings (SSSR count). The maximum absolute atomic E-state index is 5.67. The highest BCUT2D eigenvalue weighted by molar-refractivity contribution is 9.10. The zero-order valence-electron chi connectivity index (χ0n) is 11.7. The first-order valence-corrected chi connectivity index (χ1v) is 7.72. The number of para-hydroxylation sites is 1. The highest BCUT2D eigenvalue weighted by Crippen LogP contribution is 2.17. The molecule has 0 saturated carbocycles. The van der Waals surface area contributed by atoms with Gasteiger partial charge < -0.3 is 10.1 Å². The zero-order chi connectivity index (χ0) is 14.2. The first-order valence-electron chi connectivity index (χ1n) is 6.92. The summed E-state index contributed by atoms with van der Waals surface area (Å²) in [5.41, 5.74) is 1.29. The molecule has 0 aliphatic rings. The van der Waals surface area contributed by atoms with Crippen molar-refractivity contribution in [2.75, 3.05) is 13.2 Å². The van der Waals surface area contributed by atoms with E-state index < -0.39 is 0 Å². The minimum atomic E-state index is 0.351. The van der Waals surface area contributed by atoms with Crippen LogP contribution in [0.2, 0.25) is 0 Å². The Bertz CT molecular complexity index is 515. The van der Waals surface area contributed by atoms with E-state index in [2.05, 4.69) is 46.4 Å². The standard InChI is InChI=1S/C17H20BrNO/c1-14(15-7-5-8-16(18)13-15)19-11-6-12-20-17-9-3-2-4-10-17/h2-5,7-10,13-14,19H,6,11-12H2,1H3/t14-/m0/s1. The summed E-state index contributed by atoms with van der Waals surface area (Å²) < 4.78 is 6.79. The molecule has 0 aromatic heterocycles. The Hall–Kier alpha value is -1.32. The largest absolute Gasteiger partial charge is 0.494 e. The molecule has 0 heterocycles. The number of nitrogens with one attached hydrogen (secondary N) is 1. The SMILES string of the molecule is C[C@H](NCCCOc1ccccc1)c1cccc(Br)c1. The van der Waals surface area contributed by atoms with E-state index in [1.165, 1.54) is 5.56 Å². The third kappa shape index (κ3) is 4.99. The van der Waals surface area contributed by atoms with Gasteiger partial charge in [-0.3, -0.25) is 0 Å². The molecule has 0 spiro atoms. The van der Waals surface area contributed by atoms with Gasteiger partial charge in [-0.2, -0.15) is 0 Å². The van der Waals surface area contributed by atoms with Crippen LogP contribution in [0.4, 0.5) is 0 Å². The summed E-state index contributed by atoms with van der Waals surface area (Å²) >= 11 is 3.50. The van der Waals surface area contributed by atoms with Gasteiger partial charge in [0.25, 0.3) is 0 Å². The van der Waals surface area contributed by atoms with E-state index in [9.17, 15) is 0 Å². The Morgan fingerprint density at radius 2 is 1.90 bits per heavy atom. The van der Waals surface area contributed by atoms with Crippen molar-refractivity contribution in [1.29, 1.82) is 0 Å². The molecule has 0 radical (unpaired) electrons. The molecule has 3 heteroatoms. The number of halogens is 1. The molecule has 1 atom stereocenters. The van der Waals surface area contributed by atoms with Crippen LogP contribution in [0.3, 0.4) is 0 Å². The molecule has 0 amide bonds. The van der Waals surface area contributed by atoms with Crippen LogP contribution in [0.25, 0.3) is 0 Å². The fraction of sp³-hybridized carbons (Fsp3) is 0.294. The highest BCUT2D eigenvalue weighted by atomic mass is 79.9. The Kier molecular flexibility index (Phi) is 6.09. The van der Waals surface area contributed by atoms with Crippen LogP contribution in [-0.2, 0) is 0 Å². The van der Waals surface area contributed by atoms with Crippen LogP contribution < -0.4 is 10.1 Å². The summed E-state index contributed by atoms with van der Waals surface area (Å²) in [6.07, 6.45) is 0.993. The molecule has 2 aromatic carbocycles. The van der Waals surface area contributed by atoms with Crippen LogP contribution in [0, 0.1) is 0 Å². The second-order valence-electron chi connectivity index (χ2n) is 4.75. The van der Waals surface area contributed by atoms with Crippen LogP contribution in [0.1, 0.15) is 24.9 Å². The molecule has 20 heavy (non-hydrogen) atoms. The lowest BCUT2D eigenvalue weighted by atomic mass is 10.1. The van der Waals surface area contributed by atoms with Crippen LogP contribution >= 0.6 is 15.9 Å². The van der Waals surface area contributed by atoms with Gasteiger partial charge in [-0.15, -0.1) is 0 Å². The Morgan fingerprint density at radius 3 is 2.65 bits per heavy atom. The van der Waals surface area contributed by atoms with Gasteiger partial charge in [0, 0.05) is 10.5 Å². The smallest absolute Gasteiger partial charge is 0.119 e. The van der Waals surface area contributed by atoms with Crippen molar-refractivity contribution in [2.45, 2.75) is 19.4 Å². The van der Waals surface area contributed by atoms with Crippen LogP contribution in [-0.4, -0.2) is 13.2 Å². The fourth-order valence-electron chi connectivity index (χ4n) is 1.99. The number of hydrogen-bond acceptors (Lipinski definition) is 2. The van der Waals surface area contributed by atoms with Crippen molar-refractivity contribution < 1.29 is 4.74 Å². The molecular weight excluding hydrogens is 314 g/mol. The lowest BCUT2D eigenvalue weighted by Gasteiger charge is -2.14. The quantitative estimate of drug-likeness (QED) is 0.749. The summed E-state index contributed by atoms with van der Waals surface area (Å²) in [5, 5.41) is 3.51. The summed E-state index contributed by atoms with van der Waals surface area (Å²) in [4.78, 5) is 0. The van der Waals surface area contributed by atoms with Crippen molar-refractivity contribution in [3.63, 3.8) is 0 Å². The molecule has 2 nitrogen and oxygen atoms in total. The molecule has 106 valence electrons. The van der Waals surface area contributed by atoms with Gasteiger partial charge in [0.1, 0.15) is 5.75 Å². The predicted molar refractivity (Wildman–Crippen MR) is 87.1 cm³/mol. The third-order valence-corrected chi connectivity index (χ3v) is 3.63. The molecule has 0 aliphatic heterocycles. The van der Waals surface area contributed by atoms with E-state index in [1.807, 2.05) is 36.4 Å². The Morgan fingerprint density at radius 1 is 1.10 bits per heavy atom. The fourth-order valence-corrected chi connectivity index (χ4v) is 2.41. The third-order valence-electron chi connectivity index (χ3n) is 3.13. The first-order chi connectivity index (χ1) is 9.75. The van der Waals surface area contributed by atoms with E-state index in [1.54, 1.807) is 0 Å². The van der Waals surface area contributed by atoms with Crippen molar-refractivity contribution in [2.24, 2.45) is 0 Å². The van der Waals surface area contributed by atoms with Crippen molar-refractivity contribution in [3.8, 4) is 5.75 Å². The van der Waals surface area contributed by atoms with E-state index in [4.69, 9.17) is 4.74 Å². The lowest BCUT2D eigenvalue weighted by Crippen LogP contribution is -2.21. The molecule has 0 aliphatic carbocycles. The van der Waals surface area contributed by atoms with Gasteiger partial charge >= 0.3 is 0 Å². The number of rotatable bonds is 7. The molecule has 0 unspecified atom stereocenters. The van der Waals surface area contributed by atoms with Crippen molar-refractivity contribution in [3.05, 3.63) is 64.6 Å². The van der Waals surface area contributed by atoms with Crippen molar-refractivity contribution >= 4 is 15.9 Å². The van der Waals surface area contributed by atoms with E-state index in [-0.39, 0.29) is 0 Å². The molecule has 0 saturated heterocycles. The predicted octanol–water partition coefficient (Wildman–Crippen LogP) is 4.57. The molecule has 2 aromatic rings. The zero-order valence-corrected chi connectivity index (χ0v) is 13.3. The molecular formula is C17H20BrNO. The monoisotopic (exact) mass is 333 g/mol. The van der Waals surface area contributed by atoms with Crippen molar-refractivity contribution in [1.82, 2.24) is 5.32 Å². The highest BCUT2D eigenvalue weighted by Gasteiger charge is 2.04. The molecule has 0 bridgehead atoms. The summed E-state index contributed by atoms with van der Waals surface area (Å²) in [6.45, 7) is 3.86. The number of hydrogen-bond donors (Lipinski definition) is 1. The average molecular weight is 334 g/mol. The van der Waals surface area contributed by atoms with Gasteiger partial charge in [-0.25, -0.2) is 0 Å². The number of benzene rings is 2. The molecule has 0 fully saturated rings. The van der Waals surface area contributed by atoms with Gasteiger partial charge in [-0.05, 0) is 49.7 Å². The van der Waals surface area contributed by atoms with Crippen LogP contribution in [0.5, 0.6) is 5.75 Å². The van der Waals surface area contributed by atoms with Gasteiger partial charge in [0.05, 0.1) is 6.61 Å². The summed E-state index contributed by atoms with van der Waals surface area (Å²) in [5.74, 6) is 0.938.